The van der Waals surface area contributed by atoms with Crippen molar-refractivity contribution in [3.63, 3.8) is 0 Å². The van der Waals surface area contributed by atoms with E-state index in [1.165, 1.54) is 18.1 Å². The molecule has 0 amide bonds. The van der Waals surface area contributed by atoms with Gasteiger partial charge in [0.05, 0.1) is 11.8 Å². The van der Waals surface area contributed by atoms with Crippen molar-refractivity contribution in [1.29, 1.82) is 0 Å². The van der Waals surface area contributed by atoms with E-state index in [4.69, 9.17) is 19.7 Å². The Hall–Kier alpha value is -3.39. The predicted octanol–water partition coefficient (Wildman–Crippen LogP) is 3.91. The highest BCUT2D eigenvalue weighted by Gasteiger charge is 2.26. The minimum absolute atomic E-state index is 0.0401. The third kappa shape index (κ3) is 4.75. The molecule has 3 aromatic rings. The van der Waals surface area contributed by atoms with Gasteiger partial charge in [0, 0.05) is 30.6 Å². The summed E-state index contributed by atoms with van der Waals surface area (Å²) in [6, 6.07) is 11.8. The van der Waals surface area contributed by atoms with Crippen LogP contribution in [0.2, 0.25) is 0 Å². The van der Waals surface area contributed by atoms with Crippen molar-refractivity contribution in [2.75, 3.05) is 18.9 Å². The lowest BCUT2D eigenvalue weighted by Crippen LogP contribution is -2.24. The van der Waals surface area contributed by atoms with Crippen LogP contribution in [0.1, 0.15) is 44.4 Å². The molecule has 0 fully saturated rings. The molecule has 8 heteroatoms. The molecule has 168 valence electrons. The topological polar surface area (TPSA) is 112 Å². The smallest absolute Gasteiger partial charge is 0.302 e. The highest BCUT2D eigenvalue weighted by Crippen LogP contribution is 2.37. The second-order valence-corrected chi connectivity index (χ2v) is 8.10. The summed E-state index contributed by atoms with van der Waals surface area (Å²) < 4.78 is 16.3. The molecule has 1 heterocycles. The number of aromatic nitrogens is 2. The fourth-order valence-electron chi connectivity index (χ4n) is 4.00. The number of rotatable bonds is 8. The Bertz CT molecular complexity index is 1110. The first kappa shape index (κ1) is 21.8. The van der Waals surface area contributed by atoms with Gasteiger partial charge < -0.3 is 25.0 Å². The molecule has 0 bridgehead atoms. The van der Waals surface area contributed by atoms with E-state index in [-0.39, 0.29) is 18.1 Å². The van der Waals surface area contributed by atoms with Crippen LogP contribution in [0.25, 0.3) is 22.8 Å². The summed E-state index contributed by atoms with van der Waals surface area (Å²) in [7, 11) is 0. The van der Waals surface area contributed by atoms with Crippen LogP contribution in [-0.4, -0.2) is 35.4 Å². The summed E-state index contributed by atoms with van der Waals surface area (Å²) in [6.45, 7) is 6.29. The molecule has 2 aromatic carbocycles. The van der Waals surface area contributed by atoms with Gasteiger partial charge in [-0.25, -0.2) is 0 Å². The number of carbonyl (C=O) groups is 1. The highest BCUT2D eigenvalue weighted by molar-refractivity contribution is 5.69. The summed E-state index contributed by atoms with van der Waals surface area (Å²) in [4.78, 5) is 15.6. The first-order valence-electron chi connectivity index (χ1n) is 10.8. The van der Waals surface area contributed by atoms with Gasteiger partial charge in [-0.2, -0.15) is 4.98 Å². The fourth-order valence-corrected chi connectivity index (χ4v) is 4.00. The second kappa shape index (κ2) is 9.40. The number of carbonyl (C=O) groups excluding carboxylic acids is 1. The number of nitrogens with one attached hydrogen (secondary N) is 1. The summed E-state index contributed by atoms with van der Waals surface area (Å²) in [5.74, 6) is 1.34. The molecule has 1 aromatic heterocycles. The number of nitrogen functional groups attached to an aromatic ring is 1. The fraction of sp³-hybridized carbons (Fsp3) is 0.375. The van der Waals surface area contributed by atoms with Crippen molar-refractivity contribution >= 4 is 11.7 Å². The molecular weight excluding hydrogens is 408 g/mol. The Morgan fingerprint density at radius 2 is 2.16 bits per heavy atom. The van der Waals surface area contributed by atoms with Gasteiger partial charge in [0.2, 0.25) is 5.82 Å². The molecule has 0 radical (unpaired) electrons. The van der Waals surface area contributed by atoms with Crippen LogP contribution in [0.15, 0.2) is 40.9 Å². The van der Waals surface area contributed by atoms with Crippen LogP contribution in [0.4, 0.5) is 5.69 Å². The van der Waals surface area contributed by atoms with Gasteiger partial charge in [-0.05, 0) is 56.0 Å². The number of nitrogens with two attached hydrogens (primary N) is 1. The minimum Gasteiger partial charge on any atom is -0.489 e. The van der Waals surface area contributed by atoms with Crippen LogP contribution >= 0.6 is 0 Å². The van der Waals surface area contributed by atoms with Gasteiger partial charge in [-0.1, -0.05) is 23.4 Å². The van der Waals surface area contributed by atoms with E-state index >= 15 is 0 Å². The standard InChI is InChI=1S/C24H28N4O4/c1-14(2)31-22-10-7-16(13-20(22)25)24-27-23(28-32-24)19-6-4-5-18-17(19)8-9-21(18)26-11-12-30-15(3)29/h4-7,10,13-14,21,26H,8-9,11-12,25H2,1-3H3. The number of hydrogen-bond donors (Lipinski definition) is 2. The number of fused-ring (bicyclic) bond motifs is 1. The lowest BCUT2D eigenvalue weighted by Gasteiger charge is -2.14. The molecule has 0 spiro atoms. The molecule has 0 saturated carbocycles. The summed E-state index contributed by atoms with van der Waals surface area (Å²) in [5, 5.41) is 7.69. The lowest BCUT2D eigenvalue weighted by molar-refractivity contribution is -0.140. The van der Waals surface area contributed by atoms with E-state index < -0.39 is 0 Å². The molecular formula is C24H28N4O4. The SMILES string of the molecule is CC(=O)OCCNC1CCc2c(-c3noc(-c4ccc(OC(C)C)c(N)c4)n3)cccc21. The number of ether oxygens (including phenoxy) is 2. The van der Waals surface area contributed by atoms with Crippen molar-refractivity contribution in [3.05, 3.63) is 47.5 Å². The van der Waals surface area contributed by atoms with E-state index in [9.17, 15) is 4.79 Å². The maximum absolute atomic E-state index is 10.9. The monoisotopic (exact) mass is 436 g/mol. The summed E-state index contributed by atoms with van der Waals surface area (Å²) in [5.41, 5.74) is 10.8. The Labute approximate surface area is 187 Å². The third-order valence-electron chi connectivity index (χ3n) is 5.36. The predicted molar refractivity (Wildman–Crippen MR) is 121 cm³/mol. The molecule has 1 aliphatic rings. The molecule has 0 aliphatic heterocycles. The second-order valence-electron chi connectivity index (χ2n) is 8.10. The van der Waals surface area contributed by atoms with Crippen molar-refractivity contribution in [1.82, 2.24) is 15.5 Å². The van der Waals surface area contributed by atoms with Gasteiger partial charge in [0.15, 0.2) is 0 Å². The lowest BCUT2D eigenvalue weighted by atomic mass is 10.0. The number of anilines is 1. The van der Waals surface area contributed by atoms with E-state index in [0.29, 0.717) is 36.3 Å². The number of hydrogen-bond acceptors (Lipinski definition) is 8. The van der Waals surface area contributed by atoms with Gasteiger partial charge in [0.1, 0.15) is 12.4 Å². The highest BCUT2D eigenvalue weighted by atomic mass is 16.5. The van der Waals surface area contributed by atoms with E-state index in [1.807, 2.05) is 38.1 Å². The molecule has 1 aliphatic carbocycles. The largest absolute Gasteiger partial charge is 0.489 e. The zero-order valence-corrected chi connectivity index (χ0v) is 18.6. The summed E-state index contributed by atoms with van der Waals surface area (Å²) >= 11 is 0. The van der Waals surface area contributed by atoms with Crippen molar-refractivity contribution in [3.8, 4) is 28.6 Å². The van der Waals surface area contributed by atoms with Gasteiger partial charge in [0.25, 0.3) is 5.89 Å². The summed E-state index contributed by atoms with van der Waals surface area (Å²) in [6.07, 6.45) is 1.91. The molecule has 32 heavy (non-hydrogen) atoms. The van der Waals surface area contributed by atoms with Crippen LogP contribution in [0, 0.1) is 0 Å². The van der Waals surface area contributed by atoms with Crippen LogP contribution in [0.5, 0.6) is 5.75 Å². The minimum atomic E-state index is -0.266. The van der Waals surface area contributed by atoms with Gasteiger partial charge in [-0.3, -0.25) is 4.79 Å². The normalized spacial score (nSPS) is 15.1. The van der Waals surface area contributed by atoms with Gasteiger partial charge in [-0.15, -0.1) is 0 Å². The number of esters is 1. The molecule has 1 atom stereocenters. The number of benzene rings is 2. The quantitative estimate of drug-likeness (QED) is 0.310. The Balaban J connectivity index is 1.52. The Kier molecular flexibility index (Phi) is 6.41. The Morgan fingerprint density at radius 1 is 1.31 bits per heavy atom. The van der Waals surface area contributed by atoms with Crippen LogP contribution in [-0.2, 0) is 16.0 Å². The molecule has 4 rings (SSSR count). The van der Waals surface area contributed by atoms with E-state index in [2.05, 4.69) is 21.5 Å². The average Bonchev–Trinajstić information content (AvgIpc) is 3.40. The van der Waals surface area contributed by atoms with Crippen molar-refractivity contribution in [2.24, 2.45) is 0 Å². The molecule has 0 saturated heterocycles. The maximum atomic E-state index is 10.9. The van der Waals surface area contributed by atoms with Crippen LogP contribution in [0.3, 0.4) is 0 Å². The number of nitrogens with zero attached hydrogens (tertiary/aromatic N) is 2. The third-order valence-corrected chi connectivity index (χ3v) is 5.36. The molecule has 8 nitrogen and oxygen atoms in total. The van der Waals surface area contributed by atoms with E-state index in [0.717, 1.165) is 24.0 Å². The zero-order chi connectivity index (χ0) is 22.7. The average molecular weight is 437 g/mol. The zero-order valence-electron chi connectivity index (χ0n) is 18.6. The first-order chi connectivity index (χ1) is 15.4. The first-order valence-corrected chi connectivity index (χ1v) is 10.8. The van der Waals surface area contributed by atoms with Crippen LogP contribution < -0.4 is 15.8 Å². The van der Waals surface area contributed by atoms with Crippen molar-refractivity contribution in [2.45, 2.75) is 45.8 Å². The van der Waals surface area contributed by atoms with E-state index in [1.54, 1.807) is 6.07 Å². The van der Waals surface area contributed by atoms with Gasteiger partial charge >= 0.3 is 5.97 Å². The molecule has 1 unspecified atom stereocenters. The Morgan fingerprint density at radius 3 is 2.91 bits per heavy atom. The molecule has 3 N–H and O–H groups in total. The van der Waals surface area contributed by atoms with Crippen molar-refractivity contribution < 1.29 is 18.8 Å². The maximum Gasteiger partial charge on any atom is 0.302 e.